The van der Waals surface area contributed by atoms with Crippen LogP contribution < -0.4 is 16.0 Å². The van der Waals surface area contributed by atoms with Crippen LogP contribution in [0.3, 0.4) is 0 Å². The van der Waals surface area contributed by atoms with Gasteiger partial charge < -0.3 is 13.9 Å². The second kappa shape index (κ2) is 7.99. The van der Waals surface area contributed by atoms with Crippen LogP contribution in [0.2, 0.25) is 0 Å². The molecule has 0 spiro atoms. The third-order valence-electron chi connectivity index (χ3n) is 5.67. The lowest BCUT2D eigenvalue weighted by molar-refractivity contribution is 0.0972. The van der Waals surface area contributed by atoms with Crippen molar-refractivity contribution in [3.63, 3.8) is 0 Å². The molecule has 1 aromatic carbocycles. The Hall–Kier alpha value is -3.88. The summed E-state index contributed by atoms with van der Waals surface area (Å²) in [4.78, 5) is 42.2. The van der Waals surface area contributed by atoms with Crippen LogP contribution in [-0.4, -0.2) is 35.6 Å². The second-order valence-corrected chi connectivity index (χ2v) is 7.72. The smallest absolute Gasteiger partial charge is 0.332 e. The molecule has 0 amide bonds. The number of fused-ring (bicyclic) bond motifs is 1. The molecule has 0 bridgehead atoms. The Morgan fingerprint density at radius 1 is 1.06 bits per heavy atom. The molecule has 0 aliphatic carbocycles. The first kappa shape index (κ1) is 21.4. The number of benzene rings is 1. The largest absolute Gasteiger partial charge is 0.494 e. The summed E-state index contributed by atoms with van der Waals surface area (Å²) in [5.74, 6) is 0.642. The number of ketones is 1. The van der Waals surface area contributed by atoms with E-state index in [1.807, 2.05) is 55.7 Å². The highest BCUT2D eigenvalue weighted by Crippen LogP contribution is 2.24. The van der Waals surface area contributed by atoms with E-state index in [0.29, 0.717) is 12.2 Å². The Labute approximate surface area is 184 Å². The van der Waals surface area contributed by atoms with Crippen LogP contribution in [0.25, 0.3) is 16.9 Å². The highest BCUT2D eigenvalue weighted by atomic mass is 16.5. The van der Waals surface area contributed by atoms with E-state index in [9.17, 15) is 14.4 Å². The molecular formula is C23H25N5O4. The molecular weight excluding hydrogens is 410 g/mol. The van der Waals surface area contributed by atoms with Crippen molar-refractivity contribution < 1.29 is 9.53 Å². The molecule has 0 atom stereocenters. The van der Waals surface area contributed by atoms with E-state index in [4.69, 9.17) is 4.74 Å². The summed E-state index contributed by atoms with van der Waals surface area (Å²) in [7, 11) is 2.96. The third-order valence-corrected chi connectivity index (χ3v) is 5.67. The maximum Gasteiger partial charge on any atom is 0.332 e. The molecule has 3 aromatic heterocycles. The quantitative estimate of drug-likeness (QED) is 0.433. The monoisotopic (exact) mass is 435 g/mol. The minimum Gasteiger partial charge on any atom is -0.494 e. The number of imidazole rings is 1. The average molecular weight is 435 g/mol. The molecule has 166 valence electrons. The SMILES string of the molecule is CCOc1ccc(-n2c(C)cc(C(=O)Cn3cnc4c3c(=O)n(C)c(=O)n4C)c2C)cc1. The second-order valence-electron chi connectivity index (χ2n) is 7.72. The summed E-state index contributed by atoms with van der Waals surface area (Å²) in [6, 6.07) is 9.55. The van der Waals surface area contributed by atoms with Gasteiger partial charge in [0.1, 0.15) is 5.75 Å². The lowest BCUT2D eigenvalue weighted by Crippen LogP contribution is -2.37. The van der Waals surface area contributed by atoms with Crippen LogP contribution in [0.1, 0.15) is 28.7 Å². The Kier molecular flexibility index (Phi) is 5.33. The summed E-state index contributed by atoms with van der Waals surface area (Å²) in [5, 5.41) is 0. The molecule has 0 N–H and O–H groups in total. The van der Waals surface area contributed by atoms with Crippen LogP contribution in [0.5, 0.6) is 5.75 Å². The molecule has 32 heavy (non-hydrogen) atoms. The first-order chi connectivity index (χ1) is 15.2. The summed E-state index contributed by atoms with van der Waals surface area (Å²) >= 11 is 0. The van der Waals surface area contributed by atoms with Gasteiger partial charge in [0.2, 0.25) is 0 Å². The van der Waals surface area contributed by atoms with Gasteiger partial charge in [0, 0.05) is 36.7 Å². The predicted octanol–water partition coefficient (Wildman–Crippen LogP) is 2.12. The fourth-order valence-electron chi connectivity index (χ4n) is 4.06. The average Bonchev–Trinajstić information content (AvgIpc) is 3.32. The number of rotatable bonds is 6. The molecule has 3 heterocycles. The molecule has 4 rings (SSSR count). The van der Waals surface area contributed by atoms with Crippen LogP contribution in [0.4, 0.5) is 0 Å². The summed E-state index contributed by atoms with van der Waals surface area (Å²) < 4.78 is 11.3. The maximum absolute atomic E-state index is 13.2. The molecule has 0 aliphatic rings. The number of aromatic nitrogens is 5. The highest BCUT2D eigenvalue weighted by Gasteiger charge is 2.20. The maximum atomic E-state index is 13.2. The van der Waals surface area contributed by atoms with Gasteiger partial charge in [0.05, 0.1) is 19.5 Å². The first-order valence-electron chi connectivity index (χ1n) is 10.3. The molecule has 0 saturated carbocycles. The van der Waals surface area contributed by atoms with Gasteiger partial charge in [-0.1, -0.05) is 0 Å². The third kappa shape index (κ3) is 3.35. The van der Waals surface area contributed by atoms with Gasteiger partial charge in [-0.25, -0.2) is 9.78 Å². The van der Waals surface area contributed by atoms with E-state index in [0.717, 1.165) is 27.4 Å². The minimum absolute atomic E-state index is 0.0580. The summed E-state index contributed by atoms with van der Waals surface area (Å²) in [5.41, 5.74) is 2.77. The van der Waals surface area contributed by atoms with E-state index < -0.39 is 11.2 Å². The van der Waals surface area contributed by atoms with Crippen molar-refractivity contribution in [2.45, 2.75) is 27.3 Å². The van der Waals surface area contributed by atoms with Crippen LogP contribution in [0.15, 0.2) is 46.2 Å². The zero-order valence-corrected chi connectivity index (χ0v) is 18.7. The van der Waals surface area contributed by atoms with E-state index in [2.05, 4.69) is 4.98 Å². The number of Topliss-reactive ketones (excluding diaryl/α,β-unsaturated/α-hetero) is 1. The number of hydrogen-bond donors (Lipinski definition) is 0. The topological polar surface area (TPSA) is 93.1 Å². The molecule has 0 fully saturated rings. The Balaban J connectivity index is 1.71. The number of carbonyl (C=O) groups excluding carboxylic acids is 1. The fourth-order valence-corrected chi connectivity index (χ4v) is 4.06. The molecule has 0 unspecified atom stereocenters. The Morgan fingerprint density at radius 3 is 2.41 bits per heavy atom. The fraction of sp³-hybridized carbons (Fsp3) is 0.304. The van der Waals surface area contributed by atoms with Crippen molar-refractivity contribution in [1.29, 1.82) is 0 Å². The van der Waals surface area contributed by atoms with E-state index in [1.54, 1.807) is 7.05 Å². The lowest BCUT2D eigenvalue weighted by Gasteiger charge is -2.11. The van der Waals surface area contributed by atoms with Crippen molar-refractivity contribution in [3.05, 3.63) is 74.4 Å². The van der Waals surface area contributed by atoms with Crippen LogP contribution in [0, 0.1) is 13.8 Å². The van der Waals surface area contributed by atoms with Gasteiger partial charge in [0.25, 0.3) is 5.56 Å². The normalized spacial score (nSPS) is 11.3. The summed E-state index contributed by atoms with van der Waals surface area (Å²) in [6.07, 6.45) is 1.43. The zero-order chi connectivity index (χ0) is 23.2. The van der Waals surface area contributed by atoms with Crippen molar-refractivity contribution in [2.75, 3.05) is 6.61 Å². The first-order valence-corrected chi connectivity index (χ1v) is 10.3. The number of nitrogens with zero attached hydrogens (tertiary/aromatic N) is 5. The summed E-state index contributed by atoms with van der Waals surface area (Å²) in [6.45, 7) is 6.31. The lowest BCUT2D eigenvalue weighted by atomic mass is 10.1. The van der Waals surface area contributed by atoms with Crippen molar-refractivity contribution in [3.8, 4) is 11.4 Å². The Morgan fingerprint density at radius 2 is 1.75 bits per heavy atom. The number of ether oxygens (including phenoxy) is 1. The molecule has 0 saturated heterocycles. The number of carbonyl (C=O) groups is 1. The van der Waals surface area contributed by atoms with E-state index in [-0.39, 0.29) is 23.5 Å². The molecule has 0 radical (unpaired) electrons. The van der Waals surface area contributed by atoms with Gasteiger partial charge in [-0.15, -0.1) is 0 Å². The van der Waals surface area contributed by atoms with E-state index >= 15 is 0 Å². The molecule has 0 aliphatic heterocycles. The van der Waals surface area contributed by atoms with Gasteiger partial charge in [-0.2, -0.15) is 0 Å². The van der Waals surface area contributed by atoms with Gasteiger partial charge >= 0.3 is 5.69 Å². The van der Waals surface area contributed by atoms with Gasteiger partial charge in [-0.3, -0.25) is 18.7 Å². The van der Waals surface area contributed by atoms with Crippen molar-refractivity contribution in [2.24, 2.45) is 14.1 Å². The Bertz CT molecular complexity index is 1450. The number of aryl methyl sites for hydroxylation is 2. The zero-order valence-electron chi connectivity index (χ0n) is 18.7. The predicted molar refractivity (Wildman–Crippen MR) is 121 cm³/mol. The molecule has 9 nitrogen and oxygen atoms in total. The van der Waals surface area contributed by atoms with Gasteiger partial charge in [-0.05, 0) is 51.1 Å². The van der Waals surface area contributed by atoms with Crippen molar-refractivity contribution >= 4 is 16.9 Å². The highest BCUT2D eigenvalue weighted by molar-refractivity contribution is 5.98. The van der Waals surface area contributed by atoms with Gasteiger partial charge in [0.15, 0.2) is 16.9 Å². The van der Waals surface area contributed by atoms with Crippen LogP contribution >= 0.6 is 0 Å². The standard InChI is InChI=1S/C23H25N5O4/c1-6-32-17-9-7-16(8-10-17)28-14(2)11-18(15(28)3)19(29)12-27-13-24-21-20(27)22(30)26(5)23(31)25(21)4/h7-11,13H,6,12H2,1-5H3. The molecule has 9 heteroatoms. The number of hydrogen-bond acceptors (Lipinski definition) is 5. The minimum atomic E-state index is -0.478. The molecule has 4 aromatic rings. The van der Waals surface area contributed by atoms with E-state index in [1.165, 1.54) is 22.5 Å². The van der Waals surface area contributed by atoms with Crippen LogP contribution in [-0.2, 0) is 20.6 Å². The van der Waals surface area contributed by atoms with Crippen molar-refractivity contribution in [1.82, 2.24) is 23.3 Å².